The Morgan fingerprint density at radius 2 is 2.09 bits per heavy atom. The summed E-state index contributed by atoms with van der Waals surface area (Å²) < 4.78 is 16.4. The Morgan fingerprint density at radius 3 is 2.74 bits per heavy atom. The molecular weight excluding hydrogens is 315 g/mol. The quantitative estimate of drug-likeness (QED) is 0.773. The fraction of sp³-hybridized carbons (Fsp3) is 0.312. The second-order valence-corrected chi connectivity index (χ2v) is 7.34. The van der Waals surface area contributed by atoms with Crippen molar-refractivity contribution in [2.24, 2.45) is 0 Å². The molecule has 7 heteroatoms. The van der Waals surface area contributed by atoms with Crippen molar-refractivity contribution in [1.29, 1.82) is 0 Å². The van der Waals surface area contributed by atoms with Gasteiger partial charge in [-0.05, 0) is 45.4 Å². The molecule has 23 heavy (non-hydrogen) atoms. The maximum Gasteiger partial charge on any atom is 0.268 e. The van der Waals surface area contributed by atoms with E-state index in [0.717, 1.165) is 4.70 Å². The van der Waals surface area contributed by atoms with E-state index >= 15 is 0 Å². The summed E-state index contributed by atoms with van der Waals surface area (Å²) in [6.45, 7) is 7.66. The molecule has 2 heterocycles. The molecule has 1 amide bonds. The molecule has 1 N–H and O–H groups in total. The number of halogens is 1. The first kappa shape index (κ1) is 15.6. The average Bonchev–Trinajstić information content (AvgIpc) is 3.04. The first-order chi connectivity index (χ1) is 10.8. The number of nitrogens with one attached hydrogen (secondary N) is 1. The van der Waals surface area contributed by atoms with Gasteiger partial charge in [0.25, 0.3) is 5.91 Å². The van der Waals surface area contributed by atoms with Gasteiger partial charge in [0.15, 0.2) is 0 Å². The Bertz CT molecular complexity index is 891. The normalized spacial score (nSPS) is 11.9. The number of carbonyl (C=O) groups is 1. The summed E-state index contributed by atoms with van der Waals surface area (Å²) in [7, 11) is 0. The number of carbonyl (C=O) groups excluding carboxylic acids is 1. The Morgan fingerprint density at radius 1 is 1.35 bits per heavy atom. The highest BCUT2D eigenvalue weighted by molar-refractivity contribution is 7.21. The maximum absolute atomic E-state index is 14.0. The van der Waals surface area contributed by atoms with Crippen LogP contribution in [-0.4, -0.2) is 20.7 Å². The fourth-order valence-corrected chi connectivity index (χ4v) is 3.56. The number of nitrogens with zero attached hydrogens (tertiary/aromatic N) is 3. The van der Waals surface area contributed by atoms with Gasteiger partial charge < -0.3 is 0 Å². The van der Waals surface area contributed by atoms with E-state index in [0.29, 0.717) is 21.8 Å². The van der Waals surface area contributed by atoms with Crippen molar-refractivity contribution in [2.45, 2.75) is 33.2 Å². The lowest BCUT2D eigenvalue weighted by atomic mass is 10.1. The summed E-state index contributed by atoms with van der Waals surface area (Å²) in [5.41, 5.74) is 0.336. The Balaban J connectivity index is 1.98. The third kappa shape index (κ3) is 2.72. The van der Waals surface area contributed by atoms with Gasteiger partial charge in [-0.25, -0.2) is 9.07 Å². The Labute approximate surface area is 137 Å². The maximum atomic E-state index is 14.0. The summed E-state index contributed by atoms with van der Waals surface area (Å²) in [4.78, 5) is 17.2. The molecule has 3 aromatic rings. The summed E-state index contributed by atoms with van der Waals surface area (Å²) in [6.07, 6.45) is 1.40. The van der Waals surface area contributed by atoms with Crippen molar-refractivity contribution < 1.29 is 9.18 Å². The third-order valence-electron chi connectivity index (χ3n) is 3.52. The number of hydrogen-bond acceptors (Lipinski definition) is 4. The van der Waals surface area contributed by atoms with Crippen LogP contribution in [0.2, 0.25) is 0 Å². The second kappa shape index (κ2) is 5.42. The van der Waals surface area contributed by atoms with E-state index in [9.17, 15) is 9.18 Å². The van der Waals surface area contributed by atoms with Crippen molar-refractivity contribution in [3.05, 3.63) is 40.8 Å². The highest BCUT2D eigenvalue weighted by Gasteiger charge is 2.23. The zero-order valence-electron chi connectivity index (χ0n) is 13.3. The topological polar surface area (TPSA) is 59.8 Å². The van der Waals surface area contributed by atoms with E-state index in [1.54, 1.807) is 17.7 Å². The van der Waals surface area contributed by atoms with Crippen molar-refractivity contribution in [2.75, 3.05) is 5.32 Å². The van der Waals surface area contributed by atoms with Crippen LogP contribution in [0, 0.1) is 12.7 Å². The molecule has 0 bridgehead atoms. The predicted molar refractivity (Wildman–Crippen MR) is 89.5 cm³/mol. The molecule has 1 aromatic carbocycles. The zero-order valence-corrected chi connectivity index (χ0v) is 14.2. The van der Waals surface area contributed by atoms with Gasteiger partial charge in [-0.3, -0.25) is 10.1 Å². The second-order valence-electron chi connectivity index (χ2n) is 6.29. The highest BCUT2D eigenvalue weighted by Crippen LogP contribution is 2.33. The van der Waals surface area contributed by atoms with Crippen molar-refractivity contribution >= 4 is 33.3 Å². The third-order valence-corrected chi connectivity index (χ3v) is 4.77. The Hall–Kier alpha value is -2.28. The highest BCUT2D eigenvalue weighted by atomic mass is 32.1. The van der Waals surface area contributed by atoms with Crippen LogP contribution < -0.4 is 5.32 Å². The van der Waals surface area contributed by atoms with Crippen LogP contribution in [0.15, 0.2) is 24.5 Å². The van der Waals surface area contributed by atoms with E-state index in [-0.39, 0.29) is 17.3 Å². The number of aromatic nitrogens is 3. The minimum absolute atomic E-state index is 0.304. The molecule has 0 saturated carbocycles. The number of rotatable bonds is 2. The number of anilines is 1. The van der Waals surface area contributed by atoms with Gasteiger partial charge >= 0.3 is 0 Å². The molecule has 120 valence electrons. The van der Waals surface area contributed by atoms with Gasteiger partial charge in [0.2, 0.25) is 5.95 Å². The van der Waals surface area contributed by atoms with Crippen molar-refractivity contribution in [3.63, 3.8) is 0 Å². The van der Waals surface area contributed by atoms with Crippen LogP contribution >= 0.6 is 11.3 Å². The fourth-order valence-electron chi connectivity index (χ4n) is 2.45. The van der Waals surface area contributed by atoms with E-state index in [1.165, 1.54) is 23.7 Å². The summed E-state index contributed by atoms with van der Waals surface area (Å²) >= 11 is 1.27. The van der Waals surface area contributed by atoms with Crippen LogP contribution in [-0.2, 0) is 5.54 Å². The van der Waals surface area contributed by atoms with E-state index < -0.39 is 0 Å². The molecule has 0 radical (unpaired) electrons. The van der Waals surface area contributed by atoms with Gasteiger partial charge in [0.1, 0.15) is 12.1 Å². The summed E-state index contributed by atoms with van der Waals surface area (Å²) in [5.74, 6) is -0.241. The van der Waals surface area contributed by atoms with Crippen LogP contribution in [0.3, 0.4) is 0 Å². The molecular formula is C16H17FN4OS. The molecule has 0 aliphatic carbocycles. The predicted octanol–water partition coefficient (Wildman–Crippen LogP) is 3.95. The number of fused-ring (bicyclic) bond motifs is 1. The van der Waals surface area contributed by atoms with Crippen LogP contribution in [0.5, 0.6) is 0 Å². The molecule has 0 aliphatic rings. The summed E-state index contributed by atoms with van der Waals surface area (Å²) in [5, 5.41) is 7.42. The van der Waals surface area contributed by atoms with E-state index in [2.05, 4.69) is 15.4 Å². The van der Waals surface area contributed by atoms with Crippen LogP contribution in [0.1, 0.15) is 36.0 Å². The van der Waals surface area contributed by atoms with Crippen molar-refractivity contribution in [3.8, 4) is 0 Å². The van der Waals surface area contributed by atoms with Crippen LogP contribution in [0.4, 0.5) is 10.3 Å². The molecule has 0 aliphatic heterocycles. The van der Waals surface area contributed by atoms with Gasteiger partial charge in [0, 0.05) is 10.1 Å². The Kier molecular flexibility index (Phi) is 3.68. The molecule has 5 nitrogen and oxygen atoms in total. The standard InChI is InChI=1S/C16H17FN4OS/c1-9-12-10(17)6-5-7-11(12)23-13(9)14(22)20-15-18-8-19-21(15)16(2,3)4/h5-8H,1-4H3,(H,18,19,20,22). The number of thiophene rings is 1. The molecule has 0 unspecified atom stereocenters. The molecule has 0 atom stereocenters. The zero-order chi connectivity index (χ0) is 16.8. The molecule has 3 rings (SSSR count). The lowest BCUT2D eigenvalue weighted by Crippen LogP contribution is -2.27. The molecule has 0 fully saturated rings. The molecule has 0 spiro atoms. The summed E-state index contributed by atoms with van der Waals surface area (Å²) in [6, 6.07) is 4.86. The van der Waals surface area contributed by atoms with Gasteiger partial charge in [-0.15, -0.1) is 11.3 Å². The van der Waals surface area contributed by atoms with Gasteiger partial charge in [-0.2, -0.15) is 10.1 Å². The molecule has 2 aromatic heterocycles. The SMILES string of the molecule is Cc1c(C(=O)Nc2ncnn2C(C)(C)C)sc2cccc(F)c12. The van der Waals surface area contributed by atoms with E-state index in [1.807, 2.05) is 26.8 Å². The smallest absolute Gasteiger partial charge is 0.268 e. The number of hydrogen-bond donors (Lipinski definition) is 1. The lowest BCUT2D eigenvalue weighted by Gasteiger charge is -2.20. The van der Waals surface area contributed by atoms with E-state index in [4.69, 9.17) is 0 Å². The van der Waals surface area contributed by atoms with Crippen LogP contribution in [0.25, 0.3) is 10.1 Å². The van der Waals surface area contributed by atoms with Crippen molar-refractivity contribution in [1.82, 2.24) is 14.8 Å². The molecule has 0 saturated heterocycles. The minimum Gasteiger partial charge on any atom is -0.290 e. The minimum atomic E-state index is -0.312. The largest absolute Gasteiger partial charge is 0.290 e. The first-order valence-corrected chi connectivity index (χ1v) is 8.00. The number of aryl methyl sites for hydroxylation is 1. The number of benzene rings is 1. The van der Waals surface area contributed by atoms with Gasteiger partial charge in [-0.1, -0.05) is 6.07 Å². The van der Waals surface area contributed by atoms with Gasteiger partial charge in [0.05, 0.1) is 10.4 Å². The lowest BCUT2D eigenvalue weighted by molar-refractivity contribution is 0.102. The first-order valence-electron chi connectivity index (χ1n) is 7.18. The average molecular weight is 332 g/mol. The number of amides is 1. The monoisotopic (exact) mass is 332 g/mol.